The first-order valence-corrected chi connectivity index (χ1v) is 9.43. The maximum absolute atomic E-state index is 14.5. The summed E-state index contributed by atoms with van der Waals surface area (Å²) in [4.78, 5) is 19.2. The molecule has 1 aromatic heterocycles. The number of fused-ring (bicyclic) bond motifs is 1. The Morgan fingerprint density at radius 2 is 1.96 bits per heavy atom. The number of pyridine rings is 1. The maximum atomic E-state index is 14.5. The summed E-state index contributed by atoms with van der Waals surface area (Å²) in [5, 5.41) is 0.792. The van der Waals surface area contributed by atoms with E-state index in [4.69, 9.17) is 9.47 Å². The average molecular weight is 376 g/mol. The first-order valence-electron chi connectivity index (χ1n) is 8.20. The lowest BCUT2D eigenvalue weighted by Crippen LogP contribution is -2.39. The van der Waals surface area contributed by atoms with Gasteiger partial charge in [-0.3, -0.25) is 9.69 Å². The molecule has 0 aliphatic carbocycles. The molecule has 0 spiro atoms. The lowest BCUT2D eigenvalue weighted by atomic mass is 9.95. The number of ether oxygens (including phenoxy) is 2. The molecule has 1 aliphatic heterocycles. The van der Waals surface area contributed by atoms with Crippen molar-refractivity contribution in [3.8, 4) is 11.5 Å². The van der Waals surface area contributed by atoms with Crippen LogP contribution in [0.2, 0.25) is 0 Å². The molecule has 0 radical (unpaired) electrons. The second-order valence-electron chi connectivity index (χ2n) is 7.18. The molecule has 0 N–H and O–H groups in total. The molecule has 1 aliphatic rings. The van der Waals surface area contributed by atoms with E-state index >= 15 is 0 Å². The number of carbonyl (C=O) groups is 1. The van der Waals surface area contributed by atoms with E-state index in [1.54, 1.807) is 6.07 Å². The molecule has 1 aromatic carbocycles. The van der Waals surface area contributed by atoms with Crippen molar-refractivity contribution in [2.45, 2.75) is 25.8 Å². The summed E-state index contributed by atoms with van der Waals surface area (Å²) in [5.74, 6) is 0.0784. The number of carbonyl (C=O) groups excluding carboxylic acids is 1. The SMILES string of the molecule is CSc1cccc(N(CC(C)(C)C)C(=O)c2cc3c(cc2F)OCO3)n1. The largest absolute Gasteiger partial charge is 0.454 e. The van der Waals surface area contributed by atoms with Crippen LogP contribution in [0.4, 0.5) is 10.2 Å². The van der Waals surface area contributed by atoms with Crippen molar-refractivity contribution < 1.29 is 18.7 Å². The molecular weight excluding hydrogens is 355 g/mol. The predicted molar refractivity (Wildman–Crippen MR) is 99.7 cm³/mol. The fourth-order valence-electron chi connectivity index (χ4n) is 2.63. The molecule has 0 saturated heterocycles. The molecule has 3 rings (SSSR count). The summed E-state index contributed by atoms with van der Waals surface area (Å²) < 4.78 is 25.0. The zero-order chi connectivity index (χ0) is 18.9. The van der Waals surface area contributed by atoms with Gasteiger partial charge in [-0.1, -0.05) is 26.8 Å². The van der Waals surface area contributed by atoms with Crippen molar-refractivity contribution in [3.05, 3.63) is 41.7 Å². The number of nitrogens with zero attached hydrogens (tertiary/aromatic N) is 2. The fourth-order valence-corrected chi connectivity index (χ4v) is 3.03. The van der Waals surface area contributed by atoms with E-state index < -0.39 is 11.7 Å². The summed E-state index contributed by atoms with van der Waals surface area (Å²) >= 11 is 1.49. The van der Waals surface area contributed by atoms with Crippen LogP contribution in [0.15, 0.2) is 35.4 Å². The molecule has 1 amide bonds. The van der Waals surface area contributed by atoms with Gasteiger partial charge in [0.25, 0.3) is 5.91 Å². The number of hydrogen-bond acceptors (Lipinski definition) is 5. The van der Waals surface area contributed by atoms with Gasteiger partial charge in [0.2, 0.25) is 6.79 Å². The fraction of sp³-hybridized carbons (Fsp3) is 0.368. The van der Waals surface area contributed by atoms with E-state index in [2.05, 4.69) is 4.98 Å². The average Bonchev–Trinajstić information content (AvgIpc) is 3.04. The maximum Gasteiger partial charge on any atom is 0.262 e. The standard InChI is InChI=1S/C19H21FN2O3S/c1-19(2,3)10-22(16-6-5-7-17(21-16)26-4)18(23)12-8-14-15(9-13(12)20)25-11-24-14/h5-9H,10-11H2,1-4H3. The van der Waals surface area contributed by atoms with E-state index in [9.17, 15) is 9.18 Å². The molecular formula is C19H21FN2O3S. The van der Waals surface area contributed by atoms with Gasteiger partial charge >= 0.3 is 0 Å². The minimum atomic E-state index is -0.640. The number of rotatable bonds is 4. The summed E-state index contributed by atoms with van der Waals surface area (Å²) in [5.41, 5.74) is -0.255. The van der Waals surface area contributed by atoms with Gasteiger partial charge in [0.15, 0.2) is 11.5 Å². The number of thioether (sulfide) groups is 1. The van der Waals surface area contributed by atoms with Crippen molar-refractivity contribution in [2.75, 3.05) is 24.5 Å². The van der Waals surface area contributed by atoms with E-state index in [-0.39, 0.29) is 17.8 Å². The zero-order valence-electron chi connectivity index (χ0n) is 15.2. The minimum absolute atomic E-state index is 0.0233. The number of amides is 1. The number of anilines is 1. The van der Waals surface area contributed by atoms with E-state index in [0.717, 1.165) is 5.03 Å². The number of benzene rings is 1. The molecule has 0 bridgehead atoms. The third kappa shape index (κ3) is 3.93. The first-order chi connectivity index (χ1) is 12.3. The quantitative estimate of drug-likeness (QED) is 0.742. The van der Waals surface area contributed by atoms with Crippen LogP contribution in [0.1, 0.15) is 31.1 Å². The Morgan fingerprint density at radius 3 is 2.62 bits per heavy atom. The smallest absolute Gasteiger partial charge is 0.262 e. The van der Waals surface area contributed by atoms with E-state index in [1.165, 1.54) is 28.8 Å². The molecule has 26 heavy (non-hydrogen) atoms. The lowest BCUT2D eigenvalue weighted by Gasteiger charge is -2.29. The second-order valence-corrected chi connectivity index (χ2v) is 8.00. The van der Waals surface area contributed by atoms with Gasteiger partial charge < -0.3 is 9.47 Å². The first kappa shape index (κ1) is 18.5. The number of hydrogen-bond donors (Lipinski definition) is 0. The Morgan fingerprint density at radius 1 is 1.27 bits per heavy atom. The van der Waals surface area contributed by atoms with E-state index in [0.29, 0.717) is 23.9 Å². The molecule has 2 heterocycles. The third-order valence-corrected chi connectivity index (χ3v) is 4.41. The highest BCUT2D eigenvalue weighted by atomic mass is 32.2. The highest BCUT2D eigenvalue weighted by Crippen LogP contribution is 2.35. The van der Waals surface area contributed by atoms with Gasteiger partial charge in [-0.2, -0.15) is 0 Å². The molecule has 0 unspecified atom stereocenters. The van der Waals surface area contributed by atoms with E-state index in [1.807, 2.05) is 39.2 Å². The van der Waals surface area contributed by atoms with Crippen molar-refractivity contribution in [1.29, 1.82) is 0 Å². The number of aromatic nitrogens is 1. The van der Waals surface area contributed by atoms with Crippen LogP contribution in [0.3, 0.4) is 0 Å². The van der Waals surface area contributed by atoms with Crippen molar-refractivity contribution >= 4 is 23.5 Å². The van der Waals surface area contributed by atoms with Crippen molar-refractivity contribution in [1.82, 2.24) is 4.98 Å². The van der Waals surface area contributed by atoms with Gasteiger partial charge in [0.05, 0.1) is 10.6 Å². The van der Waals surface area contributed by atoms with Crippen LogP contribution < -0.4 is 14.4 Å². The van der Waals surface area contributed by atoms with Crippen LogP contribution in [0.25, 0.3) is 0 Å². The zero-order valence-corrected chi connectivity index (χ0v) is 16.0. The highest BCUT2D eigenvalue weighted by molar-refractivity contribution is 7.98. The summed E-state index contributed by atoms with van der Waals surface area (Å²) in [7, 11) is 0. The normalized spacial score (nSPS) is 13.0. The van der Waals surface area contributed by atoms with Gasteiger partial charge in [-0.05, 0) is 29.9 Å². The van der Waals surface area contributed by atoms with Crippen LogP contribution in [0.5, 0.6) is 11.5 Å². The van der Waals surface area contributed by atoms with Crippen LogP contribution in [-0.4, -0.2) is 30.5 Å². The molecule has 0 fully saturated rings. The second kappa shape index (κ2) is 7.15. The van der Waals surface area contributed by atoms with Crippen LogP contribution in [-0.2, 0) is 0 Å². The van der Waals surface area contributed by atoms with Gasteiger partial charge in [0, 0.05) is 12.6 Å². The molecule has 2 aromatic rings. The molecule has 5 nitrogen and oxygen atoms in total. The Kier molecular flexibility index (Phi) is 5.09. The summed E-state index contributed by atoms with van der Waals surface area (Å²) in [6.45, 7) is 6.46. The predicted octanol–water partition coefficient (Wildman–Crippen LogP) is 4.36. The lowest BCUT2D eigenvalue weighted by molar-refractivity contribution is 0.0972. The van der Waals surface area contributed by atoms with Crippen molar-refractivity contribution in [2.24, 2.45) is 5.41 Å². The topological polar surface area (TPSA) is 51.7 Å². The number of halogens is 1. The Bertz CT molecular complexity index is 836. The Balaban J connectivity index is 2.02. The molecule has 0 atom stereocenters. The van der Waals surface area contributed by atoms with Gasteiger partial charge in [-0.25, -0.2) is 9.37 Å². The van der Waals surface area contributed by atoms with Crippen LogP contribution in [0, 0.1) is 11.2 Å². The minimum Gasteiger partial charge on any atom is -0.454 e. The summed E-state index contributed by atoms with van der Waals surface area (Å²) in [6.07, 6.45) is 1.92. The monoisotopic (exact) mass is 376 g/mol. The third-order valence-electron chi connectivity index (χ3n) is 3.76. The molecule has 0 saturated carbocycles. The Hall–Kier alpha value is -2.28. The molecule has 138 valence electrons. The Labute approximate surface area is 156 Å². The molecule has 7 heteroatoms. The van der Waals surface area contributed by atoms with Gasteiger partial charge in [0.1, 0.15) is 11.6 Å². The van der Waals surface area contributed by atoms with Crippen molar-refractivity contribution in [3.63, 3.8) is 0 Å². The highest BCUT2D eigenvalue weighted by Gasteiger charge is 2.29. The van der Waals surface area contributed by atoms with Crippen LogP contribution >= 0.6 is 11.8 Å². The summed E-state index contributed by atoms with van der Waals surface area (Å²) in [6, 6.07) is 8.06. The van der Waals surface area contributed by atoms with Gasteiger partial charge in [-0.15, -0.1) is 11.8 Å².